The Hall–Kier alpha value is -2.12. The van der Waals surface area contributed by atoms with Gasteiger partial charge in [0.25, 0.3) is 0 Å². The highest BCUT2D eigenvalue weighted by Gasteiger charge is 2.37. The molecule has 132 valence electrons. The lowest BCUT2D eigenvalue weighted by Gasteiger charge is -2.24. The van der Waals surface area contributed by atoms with Crippen LogP contribution in [0.5, 0.6) is 0 Å². The summed E-state index contributed by atoms with van der Waals surface area (Å²) < 4.78 is 9.66. The Labute approximate surface area is 136 Å². The molecule has 0 fully saturated rings. The molecule has 0 aromatic heterocycles. The molecule has 0 aliphatic carbocycles. The number of rotatable bonds is 10. The molecule has 0 unspecified atom stereocenters. The van der Waals surface area contributed by atoms with E-state index in [1.54, 1.807) is 13.8 Å². The van der Waals surface area contributed by atoms with Gasteiger partial charge in [0.15, 0.2) is 0 Å². The van der Waals surface area contributed by atoms with Crippen LogP contribution >= 0.6 is 0 Å². The molecule has 8 heteroatoms. The number of ether oxygens (including phenoxy) is 2. The number of nitrogens with two attached hydrogens (primary N) is 1. The van der Waals surface area contributed by atoms with E-state index < -0.39 is 42.1 Å². The Morgan fingerprint density at radius 1 is 1.00 bits per heavy atom. The van der Waals surface area contributed by atoms with Crippen molar-refractivity contribution in [3.8, 4) is 0 Å². The number of carbonyl (C=O) groups excluding carboxylic acids is 4. The van der Waals surface area contributed by atoms with Crippen LogP contribution in [0.15, 0.2) is 0 Å². The van der Waals surface area contributed by atoms with Crippen molar-refractivity contribution in [2.24, 2.45) is 17.6 Å². The van der Waals surface area contributed by atoms with Gasteiger partial charge in [-0.3, -0.25) is 19.2 Å². The van der Waals surface area contributed by atoms with Gasteiger partial charge in [0.1, 0.15) is 6.04 Å². The third kappa shape index (κ3) is 8.18. The molecule has 23 heavy (non-hydrogen) atoms. The number of esters is 2. The maximum atomic E-state index is 12.0. The summed E-state index contributed by atoms with van der Waals surface area (Å²) in [4.78, 5) is 47.2. The number of hydrogen-bond acceptors (Lipinski definition) is 6. The number of nitrogens with one attached hydrogen (secondary N) is 1. The van der Waals surface area contributed by atoms with Gasteiger partial charge in [-0.1, -0.05) is 13.8 Å². The summed E-state index contributed by atoms with van der Waals surface area (Å²) in [5.41, 5.74) is 5.29. The van der Waals surface area contributed by atoms with Crippen molar-refractivity contribution in [2.45, 2.75) is 46.6 Å². The number of carbonyl (C=O) groups is 4. The molecular formula is C15H26N2O6. The van der Waals surface area contributed by atoms with Gasteiger partial charge in [-0.25, -0.2) is 0 Å². The second-order valence-electron chi connectivity index (χ2n) is 5.41. The van der Waals surface area contributed by atoms with E-state index in [0.29, 0.717) is 0 Å². The van der Waals surface area contributed by atoms with Crippen molar-refractivity contribution < 1.29 is 28.7 Å². The van der Waals surface area contributed by atoms with Crippen LogP contribution in [0.3, 0.4) is 0 Å². The number of amides is 2. The van der Waals surface area contributed by atoms with Gasteiger partial charge < -0.3 is 20.5 Å². The molecule has 0 aromatic rings. The van der Waals surface area contributed by atoms with Gasteiger partial charge in [-0.05, 0) is 19.8 Å². The largest absolute Gasteiger partial charge is 0.466 e. The van der Waals surface area contributed by atoms with Crippen LogP contribution in [-0.4, -0.2) is 43.0 Å². The van der Waals surface area contributed by atoms with Gasteiger partial charge in [-0.2, -0.15) is 0 Å². The van der Waals surface area contributed by atoms with Crippen molar-refractivity contribution >= 4 is 23.8 Å². The van der Waals surface area contributed by atoms with Crippen LogP contribution in [-0.2, 0) is 28.7 Å². The lowest BCUT2D eigenvalue weighted by molar-refractivity contribution is -0.157. The van der Waals surface area contributed by atoms with Gasteiger partial charge in [-0.15, -0.1) is 0 Å². The zero-order valence-electron chi connectivity index (χ0n) is 14.1. The first-order chi connectivity index (χ1) is 10.7. The molecule has 2 atom stereocenters. The first kappa shape index (κ1) is 20.9. The zero-order valence-corrected chi connectivity index (χ0v) is 14.1. The molecule has 0 saturated carbocycles. The molecule has 8 nitrogen and oxygen atoms in total. The van der Waals surface area contributed by atoms with Crippen LogP contribution < -0.4 is 11.1 Å². The monoisotopic (exact) mass is 330 g/mol. The summed E-state index contributed by atoms with van der Waals surface area (Å²) in [6.07, 6.45) is -0.235. The van der Waals surface area contributed by atoms with E-state index in [9.17, 15) is 19.2 Å². The molecule has 0 aliphatic rings. The molecule has 0 radical (unpaired) electrons. The molecule has 0 aliphatic heterocycles. The average Bonchev–Trinajstić information content (AvgIpc) is 2.42. The van der Waals surface area contributed by atoms with Crippen molar-refractivity contribution in [1.29, 1.82) is 0 Å². The Kier molecular flexibility index (Phi) is 9.60. The fourth-order valence-electron chi connectivity index (χ4n) is 1.96. The van der Waals surface area contributed by atoms with E-state index in [2.05, 4.69) is 5.32 Å². The van der Waals surface area contributed by atoms with E-state index in [1.165, 1.54) is 0 Å². The van der Waals surface area contributed by atoms with Crippen LogP contribution in [0.2, 0.25) is 0 Å². The molecule has 0 saturated heterocycles. The zero-order chi connectivity index (χ0) is 18.0. The minimum atomic E-state index is -1.33. The van der Waals surface area contributed by atoms with Crippen molar-refractivity contribution in [2.75, 3.05) is 13.2 Å². The van der Waals surface area contributed by atoms with E-state index >= 15 is 0 Å². The summed E-state index contributed by atoms with van der Waals surface area (Å²) in [7, 11) is 0. The highest BCUT2D eigenvalue weighted by atomic mass is 16.5. The van der Waals surface area contributed by atoms with Gasteiger partial charge in [0, 0.05) is 6.42 Å². The molecule has 2 amide bonds. The third-order valence-electron chi connectivity index (χ3n) is 2.90. The summed E-state index contributed by atoms with van der Waals surface area (Å²) in [6.45, 7) is 7.09. The van der Waals surface area contributed by atoms with E-state index in [-0.39, 0.29) is 25.6 Å². The smallest absolute Gasteiger partial charge is 0.312 e. The maximum Gasteiger partial charge on any atom is 0.312 e. The van der Waals surface area contributed by atoms with Crippen LogP contribution in [0, 0.1) is 11.8 Å². The molecule has 0 aromatic carbocycles. The SMILES string of the molecule is CCOC(=O)C[C@H](C(=O)OCC)[C@H](NC(=O)CC(C)C)C(N)=O. The molecule has 0 bridgehead atoms. The number of hydrogen-bond donors (Lipinski definition) is 2. The quantitative estimate of drug-likeness (QED) is 0.549. The van der Waals surface area contributed by atoms with Crippen LogP contribution in [0.25, 0.3) is 0 Å². The lowest BCUT2D eigenvalue weighted by Crippen LogP contribution is -2.52. The Morgan fingerprint density at radius 2 is 1.57 bits per heavy atom. The fourth-order valence-corrected chi connectivity index (χ4v) is 1.96. The van der Waals surface area contributed by atoms with Gasteiger partial charge in [0.2, 0.25) is 11.8 Å². The van der Waals surface area contributed by atoms with E-state index in [1.807, 2.05) is 13.8 Å². The minimum Gasteiger partial charge on any atom is -0.466 e. The highest BCUT2D eigenvalue weighted by molar-refractivity contribution is 5.92. The molecule has 3 N–H and O–H groups in total. The van der Waals surface area contributed by atoms with E-state index in [0.717, 1.165) is 0 Å². The molecule has 0 rings (SSSR count). The molecule has 0 heterocycles. The summed E-state index contributed by atoms with van der Waals surface area (Å²) in [5, 5.41) is 2.41. The Balaban J connectivity index is 5.22. The Bertz CT molecular complexity index is 436. The fraction of sp³-hybridized carbons (Fsp3) is 0.733. The predicted molar refractivity (Wildman–Crippen MR) is 82.0 cm³/mol. The van der Waals surface area contributed by atoms with Crippen LogP contribution in [0.1, 0.15) is 40.5 Å². The Morgan fingerprint density at radius 3 is 2.00 bits per heavy atom. The van der Waals surface area contributed by atoms with Crippen molar-refractivity contribution in [3.63, 3.8) is 0 Å². The minimum absolute atomic E-state index is 0.0645. The number of primary amides is 1. The average molecular weight is 330 g/mol. The molecule has 0 spiro atoms. The topological polar surface area (TPSA) is 125 Å². The summed E-state index contributed by atoms with van der Waals surface area (Å²) in [6, 6.07) is -1.33. The summed E-state index contributed by atoms with van der Waals surface area (Å²) in [5.74, 6) is -3.95. The highest BCUT2D eigenvalue weighted by Crippen LogP contribution is 2.14. The standard InChI is InChI=1S/C15H26N2O6/c1-5-22-12(19)8-10(15(21)23-6-2)13(14(16)20)17-11(18)7-9(3)4/h9-10,13H,5-8H2,1-4H3,(H2,16,20)(H,17,18)/t10-,13-/m0/s1. The van der Waals surface area contributed by atoms with E-state index in [4.69, 9.17) is 15.2 Å². The normalized spacial score (nSPS) is 13.1. The van der Waals surface area contributed by atoms with Gasteiger partial charge >= 0.3 is 11.9 Å². The summed E-state index contributed by atoms with van der Waals surface area (Å²) >= 11 is 0. The maximum absolute atomic E-state index is 12.0. The lowest BCUT2D eigenvalue weighted by atomic mass is 9.95. The molecular weight excluding hydrogens is 304 g/mol. The third-order valence-corrected chi connectivity index (χ3v) is 2.90. The first-order valence-electron chi connectivity index (χ1n) is 7.63. The van der Waals surface area contributed by atoms with Gasteiger partial charge in [0.05, 0.1) is 25.6 Å². The first-order valence-corrected chi connectivity index (χ1v) is 7.63. The van der Waals surface area contributed by atoms with Crippen LogP contribution in [0.4, 0.5) is 0 Å². The second kappa shape index (κ2) is 10.6. The van der Waals surface area contributed by atoms with Crippen molar-refractivity contribution in [1.82, 2.24) is 5.32 Å². The van der Waals surface area contributed by atoms with Crippen molar-refractivity contribution in [3.05, 3.63) is 0 Å². The predicted octanol–water partition coefficient (Wildman–Crippen LogP) is 0.135. The second-order valence-corrected chi connectivity index (χ2v) is 5.41.